The van der Waals surface area contributed by atoms with Gasteiger partial charge in [-0.2, -0.15) is 0 Å². The lowest BCUT2D eigenvalue weighted by atomic mass is 10.0. The van der Waals surface area contributed by atoms with Crippen LogP contribution in [0.3, 0.4) is 0 Å². The van der Waals surface area contributed by atoms with Crippen LogP contribution >= 0.6 is 0 Å². The number of carbonyl (C=O) groups is 1. The zero-order chi connectivity index (χ0) is 13.8. The molecule has 19 heavy (non-hydrogen) atoms. The van der Waals surface area contributed by atoms with E-state index in [1.807, 2.05) is 0 Å². The van der Waals surface area contributed by atoms with Crippen molar-refractivity contribution in [3.05, 3.63) is 35.4 Å². The minimum absolute atomic E-state index is 0.0605. The van der Waals surface area contributed by atoms with Crippen LogP contribution in [0.4, 0.5) is 8.78 Å². The molecule has 1 saturated carbocycles. The van der Waals surface area contributed by atoms with Gasteiger partial charge >= 0.3 is 0 Å². The Morgan fingerprint density at radius 1 is 1.32 bits per heavy atom. The first kappa shape index (κ1) is 13.9. The van der Waals surface area contributed by atoms with Crippen molar-refractivity contribution >= 4 is 5.91 Å². The van der Waals surface area contributed by atoms with Crippen LogP contribution in [-0.2, 0) is 11.2 Å². The van der Waals surface area contributed by atoms with Crippen molar-refractivity contribution in [3.8, 4) is 0 Å². The third-order valence-corrected chi connectivity index (χ3v) is 3.66. The van der Waals surface area contributed by atoms with E-state index in [1.165, 1.54) is 6.07 Å². The van der Waals surface area contributed by atoms with Crippen LogP contribution in [0.2, 0.25) is 0 Å². The number of hydrogen-bond donors (Lipinski definition) is 2. The first-order chi connectivity index (χ1) is 9.10. The fraction of sp³-hybridized carbons (Fsp3) is 0.500. The van der Waals surface area contributed by atoms with Crippen LogP contribution in [0.25, 0.3) is 0 Å². The number of nitrogens with two attached hydrogens (primary N) is 1. The van der Waals surface area contributed by atoms with Crippen LogP contribution in [0.1, 0.15) is 24.8 Å². The van der Waals surface area contributed by atoms with Gasteiger partial charge in [0.1, 0.15) is 0 Å². The van der Waals surface area contributed by atoms with E-state index in [4.69, 9.17) is 5.73 Å². The lowest BCUT2D eigenvalue weighted by Gasteiger charge is -2.19. The van der Waals surface area contributed by atoms with Gasteiger partial charge in [-0.25, -0.2) is 8.78 Å². The van der Waals surface area contributed by atoms with Gasteiger partial charge in [0.15, 0.2) is 11.6 Å². The van der Waals surface area contributed by atoms with Crippen LogP contribution in [0.15, 0.2) is 18.2 Å². The van der Waals surface area contributed by atoms with Gasteiger partial charge in [-0.05, 0) is 43.0 Å². The maximum absolute atomic E-state index is 13.0. The van der Waals surface area contributed by atoms with E-state index in [0.717, 1.165) is 31.4 Å². The highest BCUT2D eigenvalue weighted by Crippen LogP contribution is 2.24. The summed E-state index contributed by atoms with van der Waals surface area (Å²) in [7, 11) is 0. The van der Waals surface area contributed by atoms with Crippen LogP contribution in [-0.4, -0.2) is 18.5 Å². The van der Waals surface area contributed by atoms with Crippen molar-refractivity contribution in [2.75, 3.05) is 6.54 Å². The van der Waals surface area contributed by atoms with E-state index in [0.29, 0.717) is 18.0 Å². The minimum Gasteiger partial charge on any atom is -0.353 e. The monoisotopic (exact) mass is 268 g/mol. The predicted molar refractivity (Wildman–Crippen MR) is 68.4 cm³/mol. The summed E-state index contributed by atoms with van der Waals surface area (Å²) in [5.74, 6) is -1.67. The molecule has 1 aliphatic rings. The summed E-state index contributed by atoms with van der Waals surface area (Å²) < 4.78 is 25.8. The van der Waals surface area contributed by atoms with Crippen LogP contribution in [0.5, 0.6) is 0 Å². The fourth-order valence-corrected chi connectivity index (χ4v) is 2.60. The van der Waals surface area contributed by atoms with Gasteiger partial charge in [0, 0.05) is 6.04 Å². The summed E-state index contributed by atoms with van der Waals surface area (Å²) in [6.07, 6.45) is 3.10. The van der Waals surface area contributed by atoms with Crippen molar-refractivity contribution < 1.29 is 13.6 Å². The smallest absolute Gasteiger partial charge is 0.224 e. The Labute approximate surface area is 111 Å². The lowest BCUT2D eigenvalue weighted by Crippen LogP contribution is -2.40. The predicted octanol–water partition coefficient (Wildman–Crippen LogP) is 1.75. The van der Waals surface area contributed by atoms with Gasteiger partial charge in [-0.3, -0.25) is 4.79 Å². The molecule has 1 amide bonds. The average molecular weight is 268 g/mol. The van der Waals surface area contributed by atoms with E-state index in [2.05, 4.69) is 5.32 Å². The second kappa shape index (κ2) is 6.10. The normalized spacial score (nSPS) is 22.5. The molecule has 2 rings (SSSR count). The summed E-state index contributed by atoms with van der Waals surface area (Å²) >= 11 is 0. The molecule has 0 aliphatic heterocycles. The van der Waals surface area contributed by atoms with E-state index >= 15 is 0 Å². The average Bonchev–Trinajstić information content (AvgIpc) is 2.81. The third-order valence-electron chi connectivity index (χ3n) is 3.66. The van der Waals surface area contributed by atoms with Crippen molar-refractivity contribution in [3.63, 3.8) is 0 Å². The van der Waals surface area contributed by atoms with Crippen LogP contribution < -0.4 is 11.1 Å². The maximum Gasteiger partial charge on any atom is 0.224 e. The van der Waals surface area contributed by atoms with Gasteiger partial charge in [0.25, 0.3) is 0 Å². The van der Waals surface area contributed by atoms with Gasteiger partial charge in [0.05, 0.1) is 6.42 Å². The molecule has 0 radical (unpaired) electrons. The Hall–Kier alpha value is -1.49. The Morgan fingerprint density at radius 2 is 2.11 bits per heavy atom. The molecule has 1 aliphatic carbocycles. The molecule has 2 unspecified atom stereocenters. The second-order valence-electron chi connectivity index (χ2n) is 5.03. The minimum atomic E-state index is -0.925. The number of rotatable bonds is 4. The van der Waals surface area contributed by atoms with E-state index in [-0.39, 0.29) is 18.4 Å². The molecule has 5 heteroatoms. The first-order valence-electron chi connectivity index (χ1n) is 6.53. The summed E-state index contributed by atoms with van der Waals surface area (Å²) in [6, 6.07) is 3.63. The molecule has 0 spiro atoms. The number of hydrogen-bond acceptors (Lipinski definition) is 2. The Bertz CT molecular complexity index is 465. The largest absolute Gasteiger partial charge is 0.353 e. The molecule has 0 aromatic heterocycles. The highest BCUT2D eigenvalue weighted by molar-refractivity contribution is 5.78. The fourth-order valence-electron chi connectivity index (χ4n) is 2.60. The molecule has 1 aromatic rings. The maximum atomic E-state index is 13.0. The summed E-state index contributed by atoms with van der Waals surface area (Å²) in [6.45, 7) is 0.566. The molecule has 104 valence electrons. The molecule has 3 nitrogen and oxygen atoms in total. The number of benzene rings is 1. The quantitative estimate of drug-likeness (QED) is 0.874. The SMILES string of the molecule is NCC1CCCC1NC(=O)Cc1ccc(F)c(F)c1. The first-order valence-corrected chi connectivity index (χ1v) is 6.53. The zero-order valence-electron chi connectivity index (χ0n) is 10.7. The molecule has 3 N–H and O–H groups in total. The molecule has 0 heterocycles. The van der Waals surface area contributed by atoms with Crippen molar-refractivity contribution in [2.24, 2.45) is 11.7 Å². The van der Waals surface area contributed by atoms with E-state index in [1.54, 1.807) is 0 Å². The number of carbonyl (C=O) groups excluding carboxylic acids is 1. The summed E-state index contributed by atoms with van der Waals surface area (Å²) in [5.41, 5.74) is 6.12. The van der Waals surface area contributed by atoms with Crippen molar-refractivity contribution in [2.45, 2.75) is 31.7 Å². The molecule has 2 atom stereocenters. The number of nitrogens with one attached hydrogen (secondary N) is 1. The molecule has 1 aromatic carbocycles. The van der Waals surface area contributed by atoms with Gasteiger partial charge < -0.3 is 11.1 Å². The van der Waals surface area contributed by atoms with E-state index in [9.17, 15) is 13.6 Å². The van der Waals surface area contributed by atoms with Crippen molar-refractivity contribution in [1.82, 2.24) is 5.32 Å². The number of halogens is 2. The molecule has 0 bridgehead atoms. The highest BCUT2D eigenvalue weighted by Gasteiger charge is 2.27. The summed E-state index contributed by atoms with van der Waals surface area (Å²) in [4.78, 5) is 11.9. The third kappa shape index (κ3) is 3.50. The van der Waals surface area contributed by atoms with Gasteiger partial charge in [0.2, 0.25) is 5.91 Å². The molecule has 1 fully saturated rings. The Kier molecular flexibility index (Phi) is 4.47. The Balaban J connectivity index is 1.92. The highest BCUT2D eigenvalue weighted by atomic mass is 19.2. The number of amides is 1. The van der Waals surface area contributed by atoms with Gasteiger partial charge in [-0.15, -0.1) is 0 Å². The zero-order valence-corrected chi connectivity index (χ0v) is 10.7. The molecule has 0 saturated heterocycles. The van der Waals surface area contributed by atoms with E-state index < -0.39 is 11.6 Å². The van der Waals surface area contributed by atoms with Crippen molar-refractivity contribution in [1.29, 1.82) is 0 Å². The van der Waals surface area contributed by atoms with Crippen LogP contribution in [0, 0.1) is 17.6 Å². The molecular formula is C14H18F2N2O. The topological polar surface area (TPSA) is 55.1 Å². The second-order valence-corrected chi connectivity index (χ2v) is 5.03. The molecular weight excluding hydrogens is 250 g/mol. The standard InChI is InChI=1S/C14H18F2N2O/c15-11-5-4-9(6-12(11)16)7-14(19)18-13-3-1-2-10(13)8-17/h4-6,10,13H,1-3,7-8,17H2,(H,18,19). The lowest BCUT2D eigenvalue weighted by molar-refractivity contribution is -0.121. The Morgan fingerprint density at radius 3 is 2.79 bits per heavy atom. The van der Waals surface area contributed by atoms with Gasteiger partial charge in [-0.1, -0.05) is 12.5 Å². The summed E-state index contributed by atoms with van der Waals surface area (Å²) in [5, 5.41) is 2.93.